The van der Waals surface area contributed by atoms with Gasteiger partial charge in [0.2, 0.25) is 0 Å². The minimum Gasteiger partial charge on any atom is -1.00 e. The van der Waals surface area contributed by atoms with Crippen LogP contribution in [-0.2, 0) is 1050 Å². The van der Waals surface area contributed by atoms with Crippen molar-refractivity contribution in [2.75, 3.05) is 0 Å². The van der Waals surface area contributed by atoms with Crippen molar-refractivity contribution < 1.29 is 2790 Å². The molecule has 65 heteroatoms. The normalized spacial score (nSPS) is 1.20. The van der Waals surface area contributed by atoms with E-state index in [4.69, 9.17) is 0 Å². The molecule has 0 unspecified atom stereocenters. The van der Waals surface area contributed by atoms with Crippen LogP contribution in [0, 0.1) is 0 Å². The van der Waals surface area contributed by atoms with E-state index in [9.17, 15) is 0 Å². The van der Waals surface area contributed by atoms with Gasteiger partial charge in [-0.3, -0.25) is 0 Å². The second-order valence-corrected chi connectivity index (χ2v) is 3.73. The third-order valence-corrected chi connectivity index (χ3v) is 1.80. The van der Waals surface area contributed by atoms with Crippen molar-refractivity contribution in [3.8, 4) is 0 Å². The molecule has 0 aliphatic carbocycles. The topological polar surface area (TPSA) is 0 Å². The number of hydrogen-bond acceptors (Lipinski definition) is 0. The van der Waals surface area contributed by atoms with Gasteiger partial charge in [-0.25, -0.2) is 0 Å². The minimum atomic E-state index is 0. The molecule has 0 amide bonds. The smallest absolute Gasteiger partial charge is 1.00 e. The van der Waals surface area contributed by atoms with E-state index in [2.05, 4.69) is 179 Å². The van der Waals surface area contributed by atoms with Gasteiger partial charge in [-0.2, -0.15) is 0 Å². The predicted molar refractivity (Wildman–Crippen MR) is 177 cm³/mol. The standard InChI is InChI=1S/C31H4.4CH4.33K.32Y.33H/c1-3-5-7-9-11-13-15-17-19-21-23-25-27-29-31-30-28-26-24-22-20-18-16-14-12-10-8-6-4-2;;;;;;;;;;;;;;;;;;;;;;;;;;;;;;;;;;;;;;;;;;;;;;;;;;;;;;;;;;;;;;;;;;;;;;;;;;;;;;;;;;;;;;;;;;;;;;;;;;;;;;/h1-2H2;4*1H4;;;;;;;;;;;;;;;;;;;;;;;;;;;;;;;;;;;;;;;;;;;;;;;;;;;;;;;;;;;;;;;;;;;;;;;;;;;;;;;;;;;;;;;;;;;;;;;;;;/q;;;;;33*+1;;;;;;;;;;;;;;;;;;;;;;;;;;;;;;;;;33*-1. The first-order valence-electron chi connectivity index (χ1n) is 7.71. The summed E-state index contributed by atoms with van der Waals surface area (Å²) in [7, 11) is 0. The Kier molecular flexibility index (Phi) is 2260. The van der Waals surface area contributed by atoms with E-state index in [1.807, 2.05) is 0 Å². The van der Waals surface area contributed by atoms with Crippen molar-refractivity contribution in [3.05, 3.63) is 179 Å². The Balaban J connectivity index is -0.000000000874. The van der Waals surface area contributed by atoms with E-state index < -0.39 is 0 Å². The van der Waals surface area contributed by atoms with Gasteiger partial charge in [0.1, 0.15) is 0 Å². The molecule has 0 heterocycles. The first-order chi connectivity index (χ1) is 15.4. The fourth-order valence-electron chi connectivity index (χ4n) is 0.870. The molecule has 32 radical (unpaired) electrons. The maximum absolute atomic E-state index is 3.31. The summed E-state index contributed by atoms with van der Waals surface area (Å²) in [5.74, 6) is 0. The van der Waals surface area contributed by atoms with Gasteiger partial charge in [-0.1, -0.05) is 41.2 Å². The maximum atomic E-state index is 3.31. The molecule has 0 aromatic rings. The second kappa shape index (κ2) is 476. The molecule has 0 aliphatic rings. The van der Waals surface area contributed by atoms with Gasteiger partial charge >= 0.3 is 1700 Å². The molecule has 0 saturated carbocycles. The van der Waals surface area contributed by atoms with Crippen LogP contribution in [0.2, 0.25) is 0 Å². The van der Waals surface area contributed by atoms with Crippen LogP contribution in [0.1, 0.15) is 76.8 Å². The van der Waals surface area contributed by atoms with E-state index in [1.54, 1.807) is 0 Å². The summed E-state index contributed by atoms with van der Waals surface area (Å²) in [5, 5.41) is 0. The van der Waals surface area contributed by atoms with E-state index in [-0.39, 0.29) is 2820 Å². The van der Waals surface area contributed by atoms with Crippen LogP contribution < -0.4 is 1700 Å². The quantitative estimate of drug-likeness (QED) is 0.168. The average molecular weight is 4610 g/mol. The van der Waals surface area contributed by atoms with Crippen LogP contribution in [-0.4, -0.2) is 0 Å². The molecular formula is C35H53K33Y32. The summed E-state index contributed by atoms with van der Waals surface area (Å²) in [4.78, 5) is 0. The first-order valence-corrected chi connectivity index (χ1v) is 7.71. The SMILES string of the molecule is C.C.C.C.C=C=C=C=C=C=C=C=C=C=C=C=C=C=C=C=C=C=C=C=C=C=C=C=C=C=C=C=C=C=C.[H-].[H-].[H-].[H-].[H-].[H-].[H-].[H-].[H-].[H-].[H-].[H-].[H-].[H-].[H-].[H-].[H-].[H-].[H-].[H-].[H-].[H-].[H-].[H-].[H-].[H-].[H-].[H-].[H-].[H-].[H-].[H-].[H-].[K+].[K+].[K+].[K+].[K+].[K+].[K+].[K+].[K+].[K+].[K+].[K+].[K+].[K+].[K+].[K+].[K+].[K+].[K+].[K+].[K+].[K+].[K+].[K+].[K+].[K+].[K+].[K+].[K+].[K+].[K+].[K+].[K+].[Y].[Y].[Y].[Y].[Y].[Y].[Y].[Y].[Y].[Y].[Y].[Y].[Y].[Y].[Y].[Y].[Y].[Y].[Y].[Y].[Y].[Y].[Y].[Y].[Y].[Y].[Y].[Y].[Y].[Y].[Y].[Y]. The van der Waals surface area contributed by atoms with E-state index in [0.29, 0.717) is 0 Å². The molecule has 0 rings (SSSR count). The van der Waals surface area contributed by atoms with Crippen LogP contribution in [0.4, 0.5) is 0 Å². The zero-order valence-corrected chi connectivity index (χ0v) is 261. The summed E-state index contributed by atoms with van der Waals surface area (Å²) < 4.78 is 0. The molecule has 0 bridgehead atoms. The molecule has 0 fully saturated rings. The zero-order valence-electron chi connectivity index (χ0n) is 100. The van der Waals surface area contributed by atoms with Gasteiger partial charge < -0.3 is 47.1 Å². The van der Waals surface area contributed by atoms with Crippen molar-refractivity contribution in [2.45, 2.75) is 29.7 Å². The molecule has 0 aromatic carbocycles. The Hall–Kier alpha value is 82.7. The molecule has 0 saturated heterocycles. The van der Waals surface area contributed by atoms with Crippen molar-refractivity contribution in [1.29, 1.82) is 0 Å². The molecule has 100 heavy (non-hydrogen) atoms. The molecule has 0 N–H and O–H groups in total. The molecule has 0 atom stereocenters. The second-order valence-electron chi connectivity index (χ2n) is 3.73. The third-order valence-electron chi connectivity index (χ3n) is 1.80. The summed E-state index contributed by atoms with van der Waals surface area (Å²) >= 11 is 0. The van der Waals surface area contributed by atoms with Gasteiger partial charge in [0.05, 0.1) is 0 Å². The molecule has 0 spiro atoms. The van der Waals surface area contributed by atoms with E-state index >= 15 is 0 Å². The Morgan fingerprint density at radius 1 is 0.0900 bits per heavy atom. The van der Waals surface area contributed by atoms with Gasteiger partial charge in [0.15, 0.2) is 0 Å². The van der Waals surface area contributed by atoms with Crippen molar-refractivity contribution >= 4 is 0 Å². The summed E-state index contributed by atoms with van der Waals surface area (Å²) in [5.41, 5.74) is 71.9. The Bertz CT molecular complexity index is 1990. The summed E-state index contributed by atoms with van der Waals surface area (Å²) in [6, 6.07) is 0. The largest absolute Gasteiger partial charge is 1.00 e. The van der Waals surface area contributed by atoms with Gasteiger partial charge in [-0.15, -0.1) is 0 Å². The van der Waals surface area contributed by atoms with Crippen LogP contribution in [0.25, 0.3) is 0 Å². The fourth-order valence-corrected chi connectivity index (χ4v) is 0.870. The minimum absolute atomic E-state index is 0. The third kappa shape index (κ3) is 476. The number of rotatable bonds is 0. The van der Waals surface area contributed by atoms with Crippen molar-refractivity contribution in [1.82, 2.24) is 0 Å². The average Bonchev–Trinajstić information content (AvgIpc) is 2.78. The maximum Gasteiger partial charge on any atom is 1.00 e. The monoisotopic (exact) mass is 4600 g/mol. The van der Waals surface area contributed by atoms with Crippen LogP contribution in [0.5, 0.6) is 0 Å². The molecule has 322 valence electrons. The fraction of sp³-hybridized carbons (Fsp3) is 0.114. The predicted octanol–water partition coefficient (Wildman–Crippen LogP) is -87.4. The Labute approximate surface area is 2880 Å². The van der Waals surface area contributed by atoms with Gasteiger partial charge in [0.25, 0.3) is 0 Å². The molecule has 0 aromatic heterocycles. The van der Waals surface area contributed by atoms with Crippen molar-refractivity contribution in [2.24, 2.45) is 0 Å². The summed E-state index contributed by atoms with van der Waals surface area (Å²) in [6.07, 6.45) is 0. The Morgan fingerprint density at radius 3 is 0.150 bits per heavy atom. The van der Waals surface area contributed by atoms with E-state index in [0.717, 1.165) is 0 Å². The molecular weight excluding hydrogens is 4560 g/mol. The van der Waals surface area contributed by atoms with Gasteiger partial charge in [0, 0.05) is 1110 Å². The molecule has 0 aliphatic heterocycles. The van der Waals surface area contributed by atoms with Gasteiger partial charge in [-0.05, 0) is 105 Å². The van der Waals surface area contributed by atoms with E-state index in [1.165, 1.54) is 0 Å². The summed E-state index contributed by atoms with van der Waals surface area (Å²) in [6.45, 7) is 6.61. The first kappa shape index (κ1) is 475. The zero-order chi connectivity index (χ0) is 22.5. The number of hydrogen-bond donors (Lipinski definition) is 0. The van der Waals surface area contributed by atoms with Crippen LogP contribution in [0.15, 0.2) is 179 Å². The van der Waals surface area contributed by atoms with Crippen molar-refractivity contribution in [3.63, 3.8) is 0 Å². The molecule has 0 nitrogen and oxygen atoms in total. The van der Waals surface area contributed by atoms with Crippen LogP contribution >= 0.6 is 0 Å². The Morgan fingerprint density at radius 2 is 0.120 bits per heavy atom. The van der Waals surface area contributed by atoms with Crippen LogP contribution in [0.3, 0.4) is 0 Å².